The first-order valence-corrected chi connectivity index (χ1v) is 10.9. The van der Waals surface area contributed by atoms with E-state index in [1.165, 1.54) is 12.1 Å². The summed E-state index contributed by atoms with van der Waals surface area (Å²) in [6.45, 7) is 4.53. The van der Waals surface area contributed by atoms with E-state index in [4.69, 9.17) is 4.74 Å². The molecule has 0 saturated carbocycles. The zero-order valence-electron chi connectivity index (χ0n) is 18.2. The minimum absolute atomic E-state index is 0.0571. The molecule has 0 radical (unpaired) electrons. The number of hydrogen-bond donors (Lipinski definition) is 1. The molecule has 172 valence electrons. The number of nitrogens with one attached hydrogen (secondary N) is 1. The van der Waals surface area contributed by atoms with Crippen LogP contribution in [-0.2, 0) is 12.7 Å². The molecule has 33 heavy (non-hydrogen) atoms. The minimum atomic E-state index is -4.31. The Bertz CT molecular complexity index is 1070. The van der Waals surface area contributed by atoms with Crippen LogP contribution in [0, 0.1) is 0 Å². The third-order valence-electron chi connectivity index (χ3n) is 5.59. The predicted molar refractivity (Wildman–Crippen MR) is 121 cm³/mol. The maximum Gasteiger partial charge on any atom is 0.416 e. The monoisotopic (exact) mass is 454 g/mol. The fourth-order valence-electron chi connectivity index (χ4n) is 3.78. The number of likely N-dealkylation sites (tertiary alicyclic amines) is 1. The number of nitrogens with zero attached hydrogens (tertiary/aromatic N) is 1. The number of ether oxygens (including phenoxy) is 1. The minimum Gasteiger partial charge on any atom is -0.488 e. The number of amides is 1. The lowest BCUT2D eigenvalue weighted by Crippen LogP contribution is -2.53. The smallest absolute Gasteiger partial charge is 0.416 e. The van der Waals surface area contributed by atoms with Crippen molar-refractivity contribution in [1.29, 1.82) is 0 Å². The quantitative estimate of drug-likeness (QED) is 0.521. The van der Waals surface area contributed by atoms with E-state index < -0.39 is 11.7 Å². The third kappa shape index (κ3) is 5.73. The highest BCUT2D eigenvalue weighted by molar-refractivity contribution is 5.94. The second-order valence-electron chi connectivity index (χ2n) is 8.09. The fourth-order valence-corrected chi connectivity index (χ4v) is 3.78. The Morgan fingerprint density at radius 1 is 0.939 bits per heavy atom. The Morgan fingerprint density at radius 3 is 2.06 bits per heavy atom. The molecule has 0 aliphatic carbocycles. The van der Waals surface area contributed by atoms with Crippen LogP contribution in [0.1, 0.15) is 28.4 Å². The van der Waals surface area contributed by atoms with Gasteiger partial charge in [0.2, 0.25) is 0 Å². The van der Waals surface area contributed by atoms with Crippen LogP contribution in [0.15, 0.2) is 72.8 Å². The van der Waals surface area contributed by atoms with E-state index in [0.717, 1.165) is 47.7 Å². The second kappa shape index (κ2) is 9.67. The molecule has 4 nitrogen and oxygen atoms in total. The maximum atomic E-state index is 12.7. The van der Waals surface area contributed by atoms with E-state index in [1.807, 2.05) is 55.5 Å². The normalized spacial score (nSPS) is 14.5. The highest BCUT2D eigenvalue weighted by Gasteiger charge is 2.31. The van der Waals surface area contributed by atoms with Crippen molar-refractivity contribution in [2.75, 3.05) is 19.6 Å². The lowest BCUT2D eigenvalue weighted by molar-refractivity contribution is -0.137. The van der Waals surface area contributed by atoms with E-state index >= 15 is 0 Å². The average Bonchev–Trinajstić information content (AvgIpc) is 2.78. The molecule has 0 bridgehead atoms. The van der Waals surface area contributed by atoms with Gasteiger partial charge < -0.3 is 10.1 Å². The Balaban J connectivity index is 1.26. The predicted octanol–water partition coefficient (Wildman–Crippen LogP) is 5.39. The summed E-state index contributed by atoms with van der Waals surface area (Å²) in [4.78, 5) is 14.0. The summed E-state index contributed by atoms with van der Waals surface area (Å²) in [7, 11) is 0. The number of halogens is 3. The van der Waals surface area contributed by atoms with Gasteiger partial charge in [-0.2, -0.15) is 13.2 Å². The Morgan fingerprint density at radius 2 is 1.52 bits per heavy atom. The fraction of sp³-hybridized carbons (Fsp3) is 0.269. The molecule has 7 heteroatoms. The van der Waals surface area contributed by atoms with Crippen LogP contribution < -0.4 is 10.1 Å². The van der Waals surface area contributed by atoms with Crippen molar-refractivity contribution >= 4 is 5.91 Å². The molecule has 1 fully saturated rings. The van der Waals surface area contributed by atoms with Gasteiger partial charge in [-0.1, -0.05) is 36.4 Å². The van der Waals surface area contributed by atoms with E-state index in [0.29, 0.717) is 18.7 Å². The van der Waals surface area contributed by atoms with Gasteiger partial charge in [-0.25, -0.2) is 0 Å². The van der Waals surface area contributed by atoms with Crippen molar-refractivity contribution in [3.8, 4) is 16.9 Å². The molecule has 1 aliphatic heterocycles. The van der Waals surface area contributed by atoms with Crippen molar-refractivity contribution in [3.63, 3.8) is 0 Å². The second-order valence-corrected chi connectivity index (χ2v) is 8.09. The van der Waals surface area contributed by atoms with E-state index in [9.17, 15) is 18.0 Å². The molecule has 1 heterocycles. The van der Waals surface area contributed by atoms with Crippen LogP contribution in [0.5, 0.6) is 5.75 Å². The number of carbonyl (C=O) groups is 1. The lowest BCUT2D eigenvalue weighted by atomic mass is 10.0. The molecule has 1 amide bonds. The van der Waals surface area contributed by atoms with Crippen LogP contribution in [0.3, 0.4) is 0 Å². The lowest BCUT2D eigenvalue weighted by Gasteiger charge is -2.39. The first kappa shape index (κ1) is 22.9. The average molecular weight is 454 g/mol. The summed E-state index contributed by atoms with van der Waals surface area (Å²) in [5.41, 5.74) is 2.90. The number of alkyl halides is 3. The first-order chi connectivity index (χ1) is 15.8. The van der Waals surface area contributed by atoms with Crippen molar-refractivity contribution < 1.29 is 22.7 Å². The van der Waals surface area contributed by atoms with Crippen LogP contribution in [-0.4, -0.2) is 36.5 Å². The molecule has 1 N–H and O–H groups in total. The summed E-state index contributed by atoms with van der Waals surface area (Å²) < 4.78 is 44.0. The molecular formula is C26H25F3N2O2. The molecule has 0 aromatic heterocycles. The maximum absolute atomic E-state index is 12.7. The van der Waals surface area contributed by atoms with Crippen LogP contribution >= 0.6 is 0 Å². The van der Waals surface area contributed by atoms with Gasteiger partial charge in [-0.15, -0.1) is 0 Å². The topological polar surface area (TPSA) is 41.6 Å². The van der Waals surface area contributed by atoms with Gasteiger partial charge in [0.15, 0.2) is 0 Å². The Hall–Kier alpha value is -3.32. The molecule has 0 unspecified atom stereocenters. The summed E-state index contributed by atoms with van der Waals surface area (Å²) >= 11 is 0. The van der Waals surface area contributed by atoms with Gasteiger partial charge in [0.05, 0.1) is 5.56 Å². The number of carbonyl (C=O) groups excluding carboxylic acids is 1. The number of benzene rings is 3. The van der Waals surface area contributed by atoms with Gasteiger partial charge >= 0.3 is 6.18 Å². The largest absolute Gasteiger partial charge is 0.488 e. The van der Waals surface area contributed by atoms with Gasteiger partial charge in [0.1, 0.15) is 11.9 Å². The summed E-state index contributed by atoms with van der Waals surface area (Å²) in [6.07, 6.45) is -4.25. The summed E-state index contributed by atoms with van der Waals surface area (Å²) in [5, 5.41) is 2.78. The van der Waals surface area contributed by atoms with Gasteiger partial charge in [-0.3, -0.25) is 9.69 Å². The third-order valence-corrected chi connectivity index (χ3v) is 5.59. The van der Waals surface area contributed by atoms with Crippen LogP contribution in [0.4, 0.5) is 13.2 Å². The highest BCUT2D eigenvalue weighted by atomic mass is 19.4. The molecule has 3 aromatic rings. The number of rotatable bonds is 7. The molecule has 4 rings (SSSR count). The zero-order valence-corrected chi connectivity index (χ0v) is 18.2. The van der Waals surface area contributed by atoms with Crippen molar-refractivity contribution in [2.45, 2.75) is 25.7 Å². The molecule has 0 atom stereocenters. The van der Waals surface area contributed by atoms with Gasteiger partial charge in [0, 0.05) is 31.7 Å². The number of hydrogen-bond acceptors (Lipinski definition) is 3. The Kier molecular flexibility index (Phi) is 6.70. The molecular weight excluding hydrogens is 429 g/mol. The summed E-state index contributed by atoms with van der Waals surface area (Å²) in [5.74, 6) is 0.692. The van der Waals surface area contributed by atoms with Crippen molar-refractivity contribution in [3.05, 3.63) is 89.5 Å². The SMILES string of the molecule is CCNC(=O)c1ccc(-c2ccc(OC3CN(Cc4ccc(C(F)(F)F)cc4)C3)cc2)cc1. The van der Waals surface area contributed by atoms with Gasteiger partial charge in [0.25, 0.3) is 5.91 Å². The standard InChI is InChI=1S/C26H25F3N2O2/c1-2-30-25(32)21-7-5-19(6-8-21)20-9-13-23(14-10-20)33-24-16-31(17-24)15-18-3-11-22(12-4-18)26(27,28)29/h3-14,24H,2,15-17H2,1H3,(H,30,32). The highest BCUT2D eigenvalue weighted by Crippen LogP contribution is 2.30. The van der Waals surface area contributed by atoms with Gasteiger partial charge in [-0.05, 0) is 60.0 Å². The van der Waals surface area contributed by atoms with Crippen molar-refractivity contribution in [2.24, 2.45) is 0 Å². The molecule has 1 aliphatic rings. The van der Waals surface area contributed by atoms with Crippen LogP contribution in [0.25, 0.3) is 11.1 Å². The van der Waals surface area contributed by atoms with Crippen molar-refractivity contribution in [1.82, 2.24) is 10.2 Å². The van der Waals surface area contributed by atoms with E-state index in [1.54, 1.807) is 0 Å². The van der Waals surface area contributed by atoms with E-state index in [-0.39, 0.29) is 12.0 Å². The molecule has 0 spiro atoms. The Labute approximate surface area is 191 Å². The molecule has 3 aromatic carbocycles. The first-order valence-electron chi connectivity index (χ1n) is 10.9. The summed E-state index contributed by atoms with van der Waals surface area (Å²) in [6, 6.07) is 20.6. The van der Waals surface area contributed by atoms with Crippen LogP contribution in [0.2, 0.25) is 0 Å². The molecule has 1 saturated heterocycles. The van der Waals surface area contributed by atoms with E-state index in [2.05, 4.69) is 10.2 Å². The zero-order chi connectivity index (χ0) is 23.4.